The third-order valence-corrected chi connectivity index (χ3v) is 11.5. The van der Waals surface area contributed by atoms with E-state index >= 15 is 0 Å². The van der Waals surface area contributed by atoms with Crippen LogP contribution >= 0.6 is 0 Å². The Bertz CT molecular complexity index is 950. The largest absolute Gasteiger partial charge is 0.393 e. The smallest absolute Gasteiger partial charge is 0.213 e. The fourth-order valence-electron chi connectivity index (χ4n) is 7.59. The van der Waals surface area contributed by atoms with Gasteiger partial charge in [-0.05, 0) is 79.8 Å². The molecule has 0 spiro atoms. The lowest BCUT2D eigenvalue weighted by atomic mass is 9.61. The highest BCUT2D eigenvalue weighted by molar-refractivity contribution is 7.89. The van der Waals surface area contributed by atoms with Gasteiger partial charge >= 0.3 is 0 Å². The monoisotopic (exact) mass is 506 g/mol. The molecule has 4 rings (SSSR count). The predicted molar refractivity (Wildman–Crippen MR) is 141 cm³/mol. The minimum absolute atomic E-state index is 0.188. The van der Waals surface area contributed by atoms with E-state index in [4.69, 9.17) is 0 Å². The minimum Gasteiger partial charge on any atom is -0.393 e. The van der Waals surface area contributed by atoms with Crippen LogP contribution in [0.4, 0.5) is 0 Å². The van der Waals surface area contributed by atoms with Crippen LogP contribution in [0.3, 0.4) is 0 Å². The standard InChI is InChI=1S/C28H46N2O4S/c1-5-35(33,34)30-15-13-29(14-16-30)19-20(2)25-10-11-26-22(7-6-12-28(25,26)4)8-9-23-17-24(31)18-27(32)21(23)3/h8-9,20,24-27,31-32H,3,5-7,10-19H2,1-2,4H3/t20?,24-,25-,26+,27+,28-/m1/s1. The Hall–Kier alpha value is -0.990. The van der Waals surface area contributed by atoms with E-state index in [1.54, 1.807) is 11.2 Å². The zero-order valence-electron chi connectivity index (χ0n) is 22.0. The van der Waals surface area contributed by atoms with Crippen LogP contribution in [0.25, 0.3) is 0 Å². The highest BCUT2D eigenvalue weighted by atomic mass is 32.2. The Balaban J connectivity index is 1.40. The summed E-state index contributed by atoms with van der Waals surface area (Å²) >= 11 is 0. The van der Waals surface area contributed by atoms with E-state index in [9.17, 15) is 18.6 Å². The van der Waals surface area contributed by atoms with Crippen LogP contribution in [-0.2, 0) is 10.0 Å². The van der Waals surface area contributed by atoms with Gasteiger partial charge in [-0.25, -0.2) is 8.42 Å². The summed E-state index contributed by atoms with van der Waals surface area (Å²) in [6.07, 6.45) is 10.3. The van der Waals surface area contributed by atoms with Crippen molar-refractivity contribution >= 4 is 10.0 Å². The molecule has 7 heteroatoms. The molecule has 2 N–H and O–H groups in total. The zero-order valence-corrected chi connectivity index (χ0v) is 22.8. The molecule has 1 saturated heterocycles. The van der Waals surface area contributed by atoms with Gasteiger partial charge in [-0.2, -0.15) is 4.31 Å². The second-order valence-electron chi connectivity index (χ2n) is 11.7. The molecule has 3 saturated carbocycles. The number of piperazine rings is 1. The molecule has 0 bridgehead atoms. The number of hydrogen-bond acceptors (Lipinski definition) is 5. The lowest BCUT2D eigenvalue weighted by Crippen LogP contribution is -2.50. The van der Waals surface area contributed by atoms with Gasteiger partial charge in [0.2, 0.25) is 10.0 Å². The van der Waals surface area contributed by atoms with E-state index in [0.29, 0.717) is 49.1 Å². The van der Waals surface area contributed by atoms with Crippen molar-refractivity contribution < 1.29 is 18.6 Å². The third-order valence-electron chi connectivity index (χ3n) is 9.62. The Morgan fingerprint density at radius 1 is 1.17 bits per heavy atom. The molecule has 35 heavy (non-hydrogen) atoms. The molecule has 4 fully saturated rings. The van der Waals surface area contributed by atoms with Crippen LogP contribution in [0.5, 0.6) is 0 Å². The number of allylic oxidation sites excluding steroid dienone is 3. The van der Waals surface area contributed by atoms with Crippen molar-refractivity contribution in [3.63, 3.8) is 0 Å². The van der Waals surface area contributed by atoms with Gasteiger partial charge in [0.1, 0.15) is 0 Å². The summed E-state index contributed by atoms with van der Waals surface area (Å²) in [5, 5.41) is 20.3. The summed E-state index contributed by atoms with van der Waals surface area (Å²) in [5.74, 6) is 2.04. The Morgan fingerprint density at radius 3 is 2.57 bits per heavy atom. The number of aliphatic hydroxyl groups is 2. The average molecular weight is 507 g/mol. The number of hydrogen-bond donors (Lipinski definition) is 2. The van der Waals surface area contributed by atoms with Crippen molar-refractivity contribution in [2.24, 2.45) is 23.2 Å². The van der Waals surface area contributed by atoms with E-state index in [0.717, 1.165) is 37.2 Å². The van der Waals surface area contributed by atoms with Crippen LogP contribution < -0.4 is 0 Å². The first kappa shape index (κ1) is 27.1. The van der Waals surface area contributed by atoms with Crippen LogP contribution in [0.15, 0.2) is 35.5 Å². The van der Waals surface area contributed by atoms with Gasteiger partial charge in [-0.15, -0.1) is 0 Å². The molecular formula is C28H46N2O4S. The summed E-state index contributed by atoms with van der Waals surface area (Å²) in [6.45, 7) is 14.6. The summed E-state index contributed by atoms with van der Waals surface area (Å²) in [5.41, 5.74) is 3.58. The number of nitrogens with zero attached hydrogens (tertiary/aromatic N) is 2. The lowest BCUT2D eigenvalue weighted by molar-refractivity contribution is 0.0698. The van der Waals surface area contributed by atoms with Gasteiger partial charge in [-0.1, -0.05) is 38.2 Å². The molecule has 198 valence electrons. The van der Waals surface area contributed by atoms with Crippen molar-refractivity contribution in [1.29, 1.82) is 0 Å². The van der Waals surface area contributed by atoms with E-state index in [1.807, 2.05) is 0 Å². The molecule has 1 heterocycles. The quantitative estimate of drug-likeness (QED) is 0.574. The maximum Gasteiger partial charge on any atom is 0.213 e. The van der Waals surface area contributed by atoms with Crippen LogP contribution in [0.2, 0.25) is 0 Å². The van der Waals surface area contributed by atoms with E-state index in [2.05, 4.69) is 37.5 Å². The molecule has 4 aliphatic rings. The van der Waals surface area contributed by atoms with E-state index in [-0.39, 0.29) is 5.75 Å². The van der Waals surface area contributed by atoms with Crippen molar-refractivity contribution in [2.75, 3.05) is 38.5 Å². The Labute approximate surface area is 212 Å². The van der Waals surface area contributed by atoms with Gasteiger partial charge in [0.05, 0.1) is 18.0 Å². The molecule has 0 aromatic rings. The Kier molecular flexibility index (Phi) is 8.33. The number of fused-ring (bicyclic) bond motifs is 1. The molecule has 6 nitrogen and oxygen atoms in total. The molecular weight excluding hydrogens is 460 g/mol. The van der Waals surface area contributed by atoms with Gasteiger partial charge in [0.25, 0.3) is 0 Å². The second-order valence-corrected chi connectivity index (χ2v) is 14.0. The molecule has 1 aliphatic heterocycles. The van der Waals surface area contributed by atoms with Gasteiger partial charge < -0.3 is 15.1 Å². The number of rotatable bonds is 6. The highest BCUT2D eigenvalue weighted by Crippen LogP contribution is 2.59. The molecule has 0 radical (unpaired) electrons. The van der Waals surface area contributed by atoms with E-state index < -0.39 is 22.2 Å². The normalized spacial score (nSPS) is 38.7. The van der Waals surface area contributed by atoms with Gasteiger partial charge in [0, 0.05) is 39.1 Å². The second kappa shape index (κ2) is 10.8. The molecule has 0 aromatic carbocycles. The zero-order chi connectivity index (χ0) is 25.4. The molecule has 3 aliphatic carbocycles. The van der Waals surface area contributed by atoms with Crippen molar-refractivity contribution in [3.8, 4) is 0 Å². The topological polar surface area (TPSA) is 81.1 Å². The molecule has 1 unspecified atom stereocenters. The summed E-state index contributed by atoms with van der Waals surface area (Å²) in [4.78, 5) is 2.47. The summed E-state index contributed by atoms with van der Waals surface area (Å²) < 4.78 is 26.1. The van der Waals surface area contributed by atoms with Crippen LogP contribution in [0.1, 0.15) is 65.7 Å². The first-order valence-corrected chi connectivity index (χ1v) is 15.3. The van der Waals surface area contributed by atoms with E-state index in [1.165, 1.54) is 31.3 Å². The lowest BCUT2D eigenvalue weighted by Gasteiger charge is -2.45. The maximum absolute atomic E-state index is 12.2. The van der Waals surface area contributed by atoms with Crippen LogP contribution in [-0.4, -0.2) is 78.5 Å². The SMILES string of the molecule is C=C1C(=CC=C2CCC[C@]3(C)[C@@H](C(C)CN4CCN(S(=O)(=O)CC)CC4)CC[C@@H]23)C[C@@H](O)C[C@@H]1O. The fraction of sp³-hybridized carbons (Fsp3) is 0.786. The average Bonchev–Trinajstić information content (AvgIpc) is 3.18. The Morgan fingerprint density at radius 2 is 1.89 bits per heavy atom. The molecule has 0 amide bonds. The minimum atomic E-state index is -3.08. The third kappa shape index (κ3) is 5.64. The highest BCUT2D eigenvalue weighted by Gasteiger charge is 2.50. The molecule has 6 atom stereocenters. The number of sulfonamides is 1. The number of aliphatic hydroxyl groups excluding tert-OH is 2. The first-order valence-electron chi connectivity index (χ1n) is 13.7. The molecule has 0 aromatic heterocycles. The van der Waals surface area contributed by atoms with Crippen molar-refractivity contribution in [1.82, 2.24) is 9.21 Å². The summed E-state index contributed by atoms with van der Waals surface area (Å²) in [6, 6.07) is 0. The van der Waals surface area contributed by atoms with Crippen molar-refractivity contribution in [3.05, 3.63) is 35.5 Å². The van der Waals surface area contributed by atoms with Gasteiger partial charge in [0.15, 0.2) is 0 Å². The van der Waals surface area contributed by atoms with Crippen LogP contribution in [0, 0.1) is 23.2 Å². The fourth-order valence-corrected chi connectivity index (χ4v) is 8.67. The maximum atomic E-state index is 12.2. The predicted octanol–water partition coefficient (Wildman–Crippen LogP) is 3.73. The van der Waals surface area contributed by atoms with Gasteiger partial charge in [-0.3, -0.25) is 0 Å². The van der Waals surface area contributed by atoms with Crippen molar-refractivity contribution in [2.45, 2.75) is 77.9 Å². The first-order chi connectivity index (χ1) is 16.5. The summed E-state index contributed by atoms with van der Waals surface area (Å²) in [7, 11) is -3.08.